The Morgan fingerprint density at radius 2 is 2.04 bits per heavy atom. The normalized spacial score (nSPS) is 12.5. The zero-order valence-corrected chi connectivity index (χ0v) is 13.5. The number of hydrogen-bond acceptors (Lipinski definition) is 3. The average Bonchev–Trinajstić information content (AvgIpc) is 2.46. The van der Waals surface area contributed by atoms with Gasteiger partial charge in [0.25, 0.3) is 0 Å². The Balaban J connectivity index is 2.09. The number of aromatic nitrogens is 2. The molecule has 0 aliphatic carbocycles. The molecule has 2 aromatic heterocycles. The Hall–Kier alpha value is -2.50. The molecule has 0 spiro atoms. The van der Waals surface area contributed by atoms with E-state index >= 15 is 0 Å². The number of carbonyl (C=O) groups is 1. The van der Waals surface area contributed by atoms with Gasteiger partial charge in [-0.15, -0.1) is 0 Å². The highest BCUT2D eigenvalue weighted by Crippen LogP contribution is 2.29. The van der Waals surface area contributed by atoms with Crippen molar-refractivity contribution in [2.75, 3.05) is 5.32 Å². The summed E-state index contributed by atoms with van der Waals surface area (Å²) < 4.78 is 13.1. The van der Waals surface area contributed by atoms with E-state index < -0.39 is 11.8 Å². The average molecular weight is 316 g/mol. The summed E-state index contributed by atoms with van der Waals surface area (Å²) >= 11 is 0. The van der Waals surface area contributed by atoms with E-state index in [0.717, 1.165) is 18.2 Å². The van der Waals surface area contributed by atoms with Gasteiger partial charge in [0.05, 0.1) is 24.1 Å². The number of nitrogens with zero attached hydrogens (tertiary/aromatic N) is 2. The van der Waals surface area contributed by atoms with Crippen LogP contribution in [0, 0.1) is 11.2 Å². The van der Waals surface area contributed by atoms with Crippen molar-refractivity contribution in [3.05, 3.63) is 54.4 Å². The van der Waals surface area contributed by atoms with Crippen molar-refractivity contribution in [1.29, 1.82) is 0 Å². The lowest BCUT2D eigenvalue weighted by Gasteiger charge is -2.27. The minimum absolute atomic E-state index is 0.0220. The van der Waals surface area contributed by atoms with Crippen molar-refractivity contribution in [1.82, 2.24) is 15.3 Å². The molecular formula is C17H21FN4O. The molecule has 0 bridgehead atoms. The monoisotopic (exact) mass is 316 g/mol. The summed E-state index contributed by atoms with van der Waals surface area (Å²) in [6.45, 7) is 6.31. The Morgan fingerprint density at radius 1 is 1.26 bits per heavy atom. The highest BCUT2D eigenvalue weighted by molar-refractivity contribution is 5.89. The fourth-order valence-electron chi connectivity index (χ4n) is 2.25. The first-order valence-electron chi connectivity index (χ1n) is 7.41. The van der Waals surface area contributed by atoms with Gasteiger partial charge in [0.15, 0.2) is 0 Å². The van der Waals surface area contributed by atoms with Crippen LogP contribution in [0.3, 0.4) is 0 Å². The third-order valence-corrected chi connectivity index (χ3v) is 3.17. The van der Waals surface area contributed by atoms with Gasteiger partial charge in [-0.05, 0) is 23.5 Å². The molecule has 0 saturated heterocycles. The van der Waals surface area contributed by atoms with Gasteiger partial charge in [-0.25, -0.2) is 9.18 Å². The second-order valence-electron chi connectivity index (χ2n) is 6.59. The minimum Gasteiger partial charge on any atom is -0.331 e. The first-order valence-corrected chi connectivity index (χ1v) is 7.41. The van der Waals surface area contributed by atoms with E-state index in [1.807, 2.05) is 12.1 Å². The Morgan fingerprint density at radius 3 is 2.65 bits per heavy atom. The van der Waals surface area contributed by atoms with Crippen LogP contribution < -0.4 is 10.6 Å². The number of urea groups is 1. The molecule has 2 heterocycles. The zero-order chi connectivity index (χ0) is 16.9. The summed E-state index contributed by atoms with van der Waals surface area (Å²) in [4.78, 5) is 20.0. The standard InChI is InChI=1S/C17H21FN4O/c1-17(2,3)8-15(12-5-4-6-19-9-12)22-16(23)21-14-7-13(18)10-20-11-14/h4-7,9-11,15H,8H2,1-3H3,(H2,21,22,23)/t15-/m0/s1. The molecule has 2 amide bonds. The van der Waals surface area contributed by atoms with E-state index in [1.54, 1.807) is 12.4 Å². The molecule has 23 heavy (non-hydrogen) atoms. The molecule has 0 aliphatic heterocycles. The summed E-state index contributed by atoms with van der Waals surface area (Å²) in [6, 6.07) is 4.38. The summed E-state index contributed by atoms with van der Waals surface area (Å²) in [6.07, 6.45) is 6.65. The number of anilines is 1. The van der Waals surface area contributed by atoms with Gasteiger partial charge in [-0.2, -0.15) is 0 Å². The van der Waals surface area contributed by atoms with Crippen molar-refractivity contribution in [3.8, 4) is 0 Å². The fraction of sp³-hybridized carbons (Fsp3) is 0.353. The van der Waals surface area contributed by atoms with Gasteiger partial charge in [0.2, 0.25) is 0 Å². The van der Waals surface area contributed by atoms with Crippen molar-refractivity contribution >= 4 is 11.7 Å². The van der Waals surface area contributed by atoms with Gasteiger partial charge in [-0.1, -0.05) is 26.8 Å². The van der Waals surface area contributed by atoms with Crippen LogP contribution in [-0.2, 0) is 0 Å². The number of nitrogens with one attached hydrogen (secondary N) is 2. The molecule has 0 fully saturated rings. The molecule has 0 aromatic carbocycles. The highest BCUT2D eigenvalue weighted by atomic mass is 19.1. The van der Waals surface area contributed by atoms with Gasteiger partial charge in [0, 0.05) is 18.5 Å². The van der Waals surface area contributed by atoms with Crippen molar-refractivity contribution < 1.29 is 9.18 Å². The molecule has 6 heteroatoms. The molecule has 5 nitrogen and oxygen atoms in total. The van der Waals surface area contributed by atoms with Crippen LogP contribution in [-0.4, -0.2) is 16.0 Å². The quantitative estimate of drug-likeness (QED) is 0.898. The Labute approximate surface area is 135 Å². The maximum Gasteiger partial charge on any atom is 0.319 e. The highest BCUT2D eigenvalue weighted by Gasteiger charge is 2.22. The zero-order valence-electron chi connectivity index (χ0n) is 13.5. The first-order chi connectivity index (χ1) is 10.8. The third kappa shape index (κ3) is 5.65. The molecule has 2 aromatic rings. The predicted octanol–water partition coefficient (Wildman–Crippen LogP) is 3.91. The molecule has 1 atom stereocenters. The molecule has 0 saturated carbocycles. The van der Waals surface area contributed by atoms with Crippen LogP contribution in [0.4, 0.5) is 14.9 Å². The maximum atomic E-state index is 13.1. The number of hydrogen-bond donors (Lipinski definition) is 2. The lowest BCUT2D eigenvalue weighted by molar-refractivity contribution is 0.241. The van der Waals surface area contributed by atoms with E-state index in [1.165, 1.54) is 12.3 Å². The van der Waals surface area contributed by atoms with Crippen molar-refractivity contribution in [2.24, 2.45) is 5.41 Å². The molecule has 2 rings (SSSR count). The Bertz CT molecular complexity index is 655. The predicted molar refractivity (Wildman–Crippen MR) is 87.4 cm³/mol. The van der Waals surface area contributed by atoms with Gasteiger partial charge in [0.1, 0.15) is 5.82 Å². The van der Waals surface area contributed by atoms with Crippen LogP contribution in [0.15, 0.2) is 43.0 Å². The summed E-state index contributed by atoms with van der Waals surface area (Å²) in [5.41, 5.74) is 1.26. The largest absolute Gasteiger partial charge is 0.331 e. The van der Waals surface area contributed by atoms with E-state index in [0.29, 0.717) is 5.69 Å². The van der Waals surface area contributed by atoms with Crippen LogP contribution in [0.2, 0.25) is 0 Å². The molecule has 0 radical (unpaired) electrons. The van der Waals surface area contributed by atoms with Gasteiger partial charge < -0.3 is 10.6 Å². The third-order valence-electron chi connectivity index (χ3n) is 3.17. The fourth-order valence-corrected chi connectivity index (χ4v) is 2.25. The summed E-state index contributed by atoms with van der Waals surface area (Å²) in [5.74, 6) is -0.499. The van der Waals surface area contributed by atoms with E-state index in [-0.39, 0.29) is 11.5 Å². The van der Waals surface area contributed by atoms with Gasteiger partial charge in [-0.3, -0.25) is 9.97 Å². The molecule has 2 N–H and O–H groups in total. The SMILES string of the molecule is CC(C)(C)C[C@H](NC(=O)Nc1cncc(F)c1)c1cccnc1. The molecule has 0 aliphatic rings. The lowest BCUT2D eigenvalue weighted by Crippen LogP contribution is -2.34. The maximum absolute atomic E-state index is 13.1. The number of amides is 2. The molecule has 122 valence electrons. The van der Waals surface area contributed by atoms with Gasteiger partial charge >= 0.3 is 6.03 Å². The van der Waals surface area contributed by atoms with E-state index in [4.69, 9.17) is 0 Å². The number of halogens is 1. The summed E-state index contributed by atoms with van der Waals surface area (Å²) in [5, 5.41) is 5.51. The molecular weight excluding hydrogens is 295 g/mol. The number of carbonyl (C=O) groups excluding carboxylic acids is 1. The smallest absolute Gasteiger partial charge is 0.319 e. The van der Waals surface area contributed by atoms with E-state index in [2.05, 4.69) is 41.4 Å². The summed E-state index contributed by atoms with van der Waals surface area (Å²) in [7, 11) is 0. The van der Waals surface area contributed by atoms with Crippen molar-refractivity contribution in [2.45, 2.75) is 33.2 Å². The minimum atomic E-state index is -0.499. The van der Waals surface area contributed by atoms with Crippen molar-refractivity contribution in [3.63, 3.8) is 0 Å². The molecule has 0 unspecified atom stereocenters. The second-order valence-corrected chi connectivity index (χ2v) is 6.59. The van der Waals surface area contributed by atoms with Crippen LogP contribution in [0.5, 0.6) is 0 Å². The number of rotatable bonds is 4. The van der Waals surface area contributed by atoms with E-state index in [9.17, 15) is 9.18 Å². The Kier molecular flexibility index (Phi) is 5.26. The topological polar surface area (TPSA) is 66.9 Å². The number of pyridine rings is 2. The van der Waals surface area contributed by atoms with Crippen LogP contribution in [0.25, 0.3) is 0 Å². The van der Waals surface area contributed by atoms with Crippen LogP contribution in [0.1, 0.15) is 38.8 Å². The second kappa shape index (κ2) is 7.17. The first kappa shape index (κ1) is 16.9. The van der Waals surface area contributed by atoms with Crippen LogP contribution >= 0.6 is 0 Å². The lowest BCUT2D eigenvalue weighted by atomic mass is 9.86.